The normalized spacial score (nSPS) is 14.1. The molecule has 2 heteroatoms. The van der Waals surface area contributed by atoms with Gasteiger partial charge in [-0.1, -0.05) is 178 Å². The van der Waals surface area contributed by atoms with Crippen LogP contribution in [0.4, 0.5) is 17.1 Å². The molecule has 60 heavy (non-hydrogen) atoms. The smallest absolute Gasteiger partial charge is 0.0719 e. The summed E-state index contributed by atoms with van der Waals surface area (Å²) in [7, 11) is 0. The summed E-state index contributed by atoms with van der Waals surface area (Å²) in [6, 6.07) is 79.1. The molecular formula is C58H41NS. The van der Waals surface area contributed by atoms with Crippen LogP contribution in [0.25, 0.3) is 53.6 Å². The highest BCUT2D eigenvalue weighted by Gasteiger charge is 2.53. The second-order valence-corrected chi connectivity index (χ2v) is 17.9. The van der Waals surface area contributed by atoms with Gasteiger partial charge in [0.15, 0.2) is 0 Å². The largest absolute Gasteiger partial charge is 0.310 e. The fourth-order valence-corrected chi connectivity index (χ4v) is 11.7. The minimum absolute atomic E-state index is 0.126. The van der Waals surface area contributed by atoms with Crippen LogP contribution in [0, 0.1) is 0 Å². The van der Waals surface area contributed by atoms with Crippen LogP contribution in [0.1, 0.15) is 47.2 Å². The van der Waals surface area contributed by atoms with Gasteiger partial charge in [-0.25, -0.2) is 0 Å². The highest BCUT2D eigenvalue weighted by atomic mass is 32.1. The van der Waals surface area contributed by atoms with E-state index in [2.05, 4.69) is 231 Å². The van der Waals surface area contributed by atoms with E-state index < -0.39 is 5.41 Å². The molecule has 2 aliphatic carbocycles. The number of rotatable bonds is 5. The zero-order chi connectivity index (χ0) is 40.0. The molecule has 0 bridgehead atoms. The van der Waals surface area contributed by atoms with Gasteiger partial charge in [0.2, 0.25) is 0 Å². The third kappa shape index (κ3) is 5.04. The monoisotopic (exact) mass is 783 g/mol. The highest BCUT2D eigenvalue weighted by molar-refractivity contribution is 7.25. The number of nitrogens with zero attached hydrogens (tertiary/aromatic N) is 1. The lowest BCUT2D eigenvalue weighted by Gasteiger charge is -2.46. The van der Waals surface area contributed by atoms with Crippen LogP contribution in [0.3, 0.4) is 0 Å². The summed E-state index contributed by atoms with van der Waals surface area (Å²) in [6.07, 6.45) is 0. The Kier molecular flexibility index (Phi) is 7.73. The van der Waals surface area contributed by atoms with Crippen molar-refractivity contribution in [2.45, 2.75) is 24.7 Å². The van der Waals surface area contributed by atoms with E-state index in [0.29, 0.717) is 0 Å². The van der Waals surface area contributed by atoms with Gasteiger partial charge < -0.3 is 4.90 Å². The SMILES string of the molecule is CC1(C)c2ccccc2C2(c3ccccc3-c3ccc(-c4ccc(N(c5ccc(-c6ccccc6)cc5)c5ccc6c(c5)sc5ccccc56)cc4)cc32)c2ccccc21. The predicted octanol–water partition coefficient (Wildman–Crippen LogP) is 15.9. The average Bonchev–Trinajstić information content (AvgIpc) is 3.82. The number of benzene rings is 9. The number of fused-ring (bicyclic) bond motifs is 12. The summed E-state index contributed by atoms with van der Waals surface area (Å²) in [5.74, 6) is 0. The first-order valence-corrected chi connectivity index (χ1v) is 21.7. The summed E-state index contributed by atoms with van der Waals surface area (Å²) in [6.45, 7) is 4.78. The van der Waals surface area contributed by atoms with Crippen molar-refractivity contribution in [3.8, 4) is 33.4 Å². The summed E-state index contributed by atoms with van der Waals surface area (Å²) in [5.41, 5.74) is 18.6. The molecular weight excluding hydrogens is 743 g/mol. The van der Waals surface area contributed by atoms with E-state index in [0.717, 1.165) is 17.1 Å². The maximum Gasteiger partial charge on any atom is 0.0719 e. The van der Waals surface area contributed by atoms with Crippen LogP contribution in [0.15, 0.2) is 212 Å². The molecule has 1 aromatic heterocycles. The number of hydrogen-bond donors (Lipinski definition) is 0. The van der Waals surface area contributed by atoms with Gasteiger partial charge in [-0.05, 0) is 115 Å². The second kappa shape index (κ2) is 13.3. The van der Waals surface area contributed by atoms with Crippen molar-refractivity contribution in [1.82, 2.24) is 0 Å². The summed E-state index contributed by atoms with van der Waals surface area (Å²) in [5, 5.41) is 2.62. The van der Waals surface area contributed by atoms with Gasteiger partial charge in [-0.15, -0.1) is 11.3 Å². The maximum atomic E-state index is 2.49. The van der Waals surface area contributed by atoms with Gasteiger partial charge in [0.05, 0.1) is 5.41 Å². The topological polar surface area (TPSA) is 3.24 Å². The molecule has 0 N–H and O–H groups in total. The predicted molar refractivity (Wildman–Crippen MR) is 254 cm³/mol. The van der Waals surface area contributed by atoms with Crippen molar-refractivity contribution in [3.05, 3.63) is 246 Å². The summed E-state index contributed by atoms with van der Waals surface area (Å²) < 4.78 is 2.61. The molecule has 2 aliphatic rings. The Morgan fingerprint density at radius 3 is 1.50 bits per heavy atom. The van der Waals surface area contributed by atoms with E-state index in [9.17, 15) is 0 Å². The van der Waals surface area contributed by atoms with Crippen molar-refractivity contribution >= 4 is 48.6 Å². The zero-order valence-electron chi connectivity index (χ0n) is 33.6. The number of anilines is 3. The fraction of sp³-hybridized carbons (Fsp3) is 0.0690. The minimum atomic E-state index is -0.418. The average molecular weight is 784 g/mol. The third-order valence-corrected chi connectivity index (χ3v) is 14.5. The molecule has 0 saturated carbocycles. The van der Waals surface area contributed by atoms with Gasteiger partial charge >= 0.3 is 0 Å². The lowest BCUT2D eigenvalue weighted by Crippen LogP contribution is -2.40. The lowest BCUT2D eigenvalue weighted by atomic mass is 9.55. The Balaban J connectivity index is 0.996. The first-order valence-electron chi connectivity index (χ1n) is 20.9. The van der Waals surface area contributed by atoms with Gasteiger partial charge in [0.1, 0.15) is 0 Å². The molecule has 10 aromatic rings. The van der Waals surface area contributed by atoms with E-state index in [-0.39, 0.29) is 5.41 Å². The molecule has 0 aliphatic heterocycles. The maximum absolute atomic E-state index is 2.49. The molecule has 284 valence electrons. The molecule has 9 aromatic carbocycles. The zero-order valence-corrected chi connectivity index (χ0v) is 34.4. The van der Waals surface area contributed by atoms with Crippen LogP contribution in [0.5, 0.6) is 0 Å². The van der Waals surface area contributed by atoms with E-state index >= 15 is 0 Å². The molecule has 1 heterocycles. The van der Waals surface area contributed by atoms with Gasteiger partial charge in [0, 0.05) is 42.6 Å². The van der Waals surface area contributed by atoms with Gasteiger partial charge in [0.25, 0.3) is 0 Å². The van der Waals surface area contributed by atoms with E-state index in [4.69, 9.17) is 0 Å². The van der Waals surface area contributed by atoms with Crippen LogP contribution < -0.4 is 4.90 Å². The van der Waals surface area contributed by atoms with E-state index in [1.165, 1.54) is 86.9 Å². The van der Waals surface area contributed by atoms with Crippen LogP contribution >= 0.6 is 11.3 Å². The Morgan fingerprint density at radius 1 is 0.333 bits per heavy atom. The molecule has 0 radical (unpaired) electrons. The highest BCUT2D eigenvalue weighted by Crippen LogP contribution is 2.62. The third-order valence-electron chi connectivity index (χ3n) is 13.4. The van der Waals surface area contributed by atoms with Crippen LogP contribution in [0.2, 0.25) is 0 Å². The molecule has 1 spiro atoms. The summed E-state index contributed by atoms with van der Waals surface area (Å²) in [4.78, 5) is 2.40. The minimum Gasteiger partial charge on any atom is -0.310 e. The number of thiophene rings is 1. The first kappa shape index (κ1) is 35.0. The van der Waals surface area contributed by atoms with Gasteiger partial charge in [-0.3, -0.25) is 0 Å². The van der Waals surface area contributed by atoms with E-state index in [1.807, 2.05) is 11.3 Å². The molecule has 0 saturated heterocycles. The lowest BCUT2D eigenvalue weighted by molar-refractivity contribution is 0.563. The molecule has 0 fully saturated rings. The number of hydrogen-bond acceptors (Lipinski definition) is 2. The second-order valence-electron chi connectivity index (χ2n) is 16.8. The standard InChI is InChI=1S/C58H41NS/c1-57(2)50-19-9-11-21-52(50)58(53-22-12-10-20-51(53)57)49-18-8-6-16-45(49)46-34-28-41(36-54(46)58)40-26-31-43(32-27-40)59(42-29-24-39(25-30-42)38-14-4-3-5-15-38)44-33-35-48-47-17-7-13-23-55(47)60-56(48)37-44/h3-37H,1-2H3. The van der Waals surface area contributed by atoms with Crippen LogP contribution in [-0.2, 0) is 10.8 Å². The molecule has 12 rings (SSSR count). The fourth-order valence-electron chi connectivity index (χ4n) is 10.6. The van der Waals surface area contributed by atoms with Gasteiger partial charge in [-0.2, -0.15) is 0 Å². The Labute approximate surface area is 355 Å². The van der Waals surface area contributed by atoms with Crippen molar-refractivity contribution in [3.63, 3.8) is 0 Å². The van der Waals surface area contributed by atoms with Crippen molar-refractivity contribution < 1.29 is 0 Å². The molecule has 0 atom stereocenters. The Bertz CT molecular complexity index is 3230. The quantitative estimate of drug-likeness (QED) is 0.168. The molecule has 0 unspecified atom stereocenters. The van der Waals surface area contributed by atoms with Crippen molar-refractivity contribution in [2.75, 3.05) is 4.90 Å². The van der Waals surface area contributed by atoms with Crippen molar-refractivity contribution in [2.24, 2.45) is 0 Å². The van der Waals surface area contributed by atoms with Crippen molar-refractivity contribution in [1.29, 1.82) is 0 Å². The molecule has 1 nitrogen and oxygen atoms in total. The first-order chi connectivity index (χ1) is 29.5. The molecule has 0 amide bonds. The van der Waals surface area contributed by atoms with E-state index in [1.54, 1.807) is 0 Å². The summed E-state index contributed by atoms with van der Waals surface area (Å²) >= 11 is 1.86. The Hall–Kier alpha value is -7.00. The Morgan fingerprint density at radius 2 is 0.817 bits per heavy atom. The van der Waals surface area contributed by atoms with Crippen LogP contribution in [-0.4, -0.2) is 0 Å².